The number of anilines is 1. The van der Waals surface area contributed by atoms with Crippen LogP contribution in [0.4, 0.5) is 5.69 Å². The number of benzene rings is 1. The Morgan fingerprint density at radius 1 is 1.21 bits per heavy atom. The third kappa shape index (κ3) is 3.13. The molecule has 3 aromatic rings. The maximum atomic E-state index is 10.6. The van der Waals surface area contributed by atoms with Gasteiger partial charge in [0.25, 0.3) is 0 Å². The van der Waals surface area contributed by atoms with Crippen molar-refractivity contribution in [3.63, 3.8) is 0 Å². The number of halogens is 1. The molecule has 1 aliphatic heterocycles. The minimum absolute atomic E-state index is 0.0908. The molecule has 0 saturated carbocycles. The first-order valence-corrected chi connectivity index (χ1v) is 10.4. The second-order valence-corrected chi connectivity index (χ2v) is 8.14. The number of nitrogens with one attached hydrogen (secondary N) is 1. The Kier molecular flexibility index (Phi) is 5.01. The number of aliphatic hydroxyl groups excluding tert-OH is 1. The molecule has 0 radical (unpaired) electrons. The minimum Gasteiger partial charge on any atom is -0.510 e. The van der Waals surface area contributed by atoms with Crippen LogP contribution in [0.15, 0.2) is 40.8 Å². The molecule has 2 N–H and O–H groups in total. The van der Waals surface area contributed by atoms with Gasteiger partial charge in [0.2, 0.25) is 0 Å². The Morgan fingerprint density at radius 2 is 2.00 bits per heavy atom. The molecule has 0 spiro atoms. The number of thiophene rings is 1. The lowest BCUT2D eigenvalue weighted by Crippen LogP contribution is -2.26. The van der Waals surface area contributed by atoms with Crippen molar-refractivity contribution >= 4 is 51.4 Å². The highest BCUT2D eigenvalue weighted by Gasteiger charge is 2.33. The van der Waals surface area contributed by atoms with E-state index in [1.54, 1.807) is 28.4 Å². The van der Waals surface area contributed by atoms with Crippen molar-refractivity contribution in [1.82, 2.24) is 4.98 Å². The average molecular weight is 434 g/mol. The van der Waals surface area contributed by atoms with E-state index in [9.17, 15) is 5.11 Å². The molecule has 1 aromatic carbocycles. The van der Waals surface area contributed by atoms with Gasteiger partial charge in [-0.3, -0.25) is 5.41 Å². The zero-order valence-corrected chi connectivity index (χ0v) is 17.4. The van der Waals surface area contributed by atoms with Crippen molar-refractivity contribution in [2.24, 2.45) is 0 Å². The third-order valence-corrected chi connectivity index (χ3v) is 6.39. The predicted molar refractivity (Wildman–Crippen MR) is 115 cm³/mol. The summed E-state index contributed by atoms with van der Waals surface area (Å²) in [4.78, 5) is 7.32. The summed E-state index contributed by atoms with van der Waals surface area (Å²) in [5.41, 5.74) is 1.85. The zero-order valence-electron chi connectivity index (χ0n) is 15.0. The summed E-state index contributed by atoms with van der Waals surface area (Å²) in [6.45, 7) is 0.142. The second-order valence-electron chi connectivity index (χ2n) is 5.93. The summed E-state index contributed by atoms with van der Waals surface area (Å²) >= 11 is 9.19. The molecule has 3 heterocycles. The van der Waals surface area contributed by atoms with E-state index in [0.29, 0.717) is 32.8 Å². The lowest BCUT2D eigenvalue weighted by Gasteiger charge is -2.22. The van der Waals surface area contributed by atoms with E-state index in [1.807, 2.05) is 22.9 Å². The molecule has 0 atom stereocenters. The molecule has 0 aliphatic carbocycles. The van der Waals surface area contributed by atoms with Gasteiger partial charge in [0.1, 0.15) is 28.1 Å². The Hall–Kier alpha value is -2.55. The van der Waals surface area contributed by atoms with Gasteiger partial charge in [-0.05, 0) is 11.4 Å². The zero-order chi connectivity index (χ0) is 19.8. The standard InChI is InChI=1S/C19H16ClN3O3S2/c1-25-14-7-12(15(26-2)6-10(14)20)23-8-13(24)17(18(23)21)19-22-11(9-28-19)16-4-3-5-27-16/h3-7,9,21,24H,8H2,1-2H3. The number of aromatic nitrogens is 1. The highest BCUT2D eigenvalue weighted by atomic mass is 35.5. The first-order chi connectivity index (χ1) is 13.5. The van der Waals surface area contributed by atoms with Crippen LogP contribution in [0.3, 0.4) is 0 Å². The van der Waals surface area contributed by atoms with E-state index in [0.717, 1.165) is 10.6 Å². The van der Waals surface area contributed by atoms with Crippen LogP contribution in [0.5, 0.6) is 11.5 Å². The minimum atomic E-state index is 0.0908. The van der Waals surface area contributed by atoms with Gasteiger partial charge in [-0.15, -0.1) is 22.7 Å². The fraction of sp³-hybridized carbons (Fsp3) is 0.158. The molecule has 0 bridgehead atoms. The third-order valence-electron chi connectivity index (χ3n) is 4.34. The monoisotopic (exact) mass is 433 g/mol. The largest absolute Gasteiger partial charge is 0.510 e. The van der Waals surface area contributed by atoms with Crippen LogP contribution >= 0.6 is 34.3 Å². The lowest BCUT2D eigenvalue weighted by molar-refractivity contribution is 0.400. The Bertz CT molecular complexity index is 1080. The number of thiazole rings is 1. The Morgan fingerprint density at radius 3 is 2.68 bits per heavy atom. The predicted octanol–water partition coefficient (Wildman–Crippen LogP) is 5.31. The van der Waals surface area contributed by atoms with Crippen LogP contribution < -0.4 is 14.4 Å². The smallest absolute Gasteiger partial charge is 0.144 e. The summed E-state index contributed by atoms with van der Waals surface area (Å²) in [6.07, 6.45) is 0. The Balaban J connectivity index is 1.70. The highest BCUT2D eigenvalue weighted by Crippen LogP contribution is 2.42. The van der Waals surface area contributed by atoms with Crippen molar-refractivity contribution in [3.8, 4) is 22.1 Å². The maximum Gasteiger partial charge on any atom is 0.144 e. The first kappa shape index (κ1) is 18.8. The molecular weight excluding hydrogens is 418 g/mol. The molecule has 0 amide bonds. The van der Waals surface area contributed by atoms with E-state index >= 15 is 0 Å². The number of amidine groups is 1. The normalized spacial score (nSPS) is 14.1. The highest BCUT2D eigenvalue weighted by molar-refractivity contribution is 7.14. The number of rotatable bonds is 5. The van der Waals surface area contributed by atoms with Crippen LogP contribution in [0.1, 0.15) is 5.01 Å². The molecule has 4 rings (SSSR count). The van der Waals surface area contributed by atoms with Gasteiger partial charge >= 0.3 is 0 Å². The number of hydrogen-bond donors (Lipinski definition) is 2. The van der Waals surface area contributed by atoms with Crippen LogP contribution in [-0.2, 0) is 0 Å². The van der Waals surface area contributed by atoms with Crippen molar-refractivity contribution in [3.05, 3.63) is 50.8 Å². The maximum absolute atomic E-state index is 10.6. The average Bonchev–Trinajstić information content (AvgIpc) is 3.42. The topological polar surface area (TPSA) is 78.7 Å². The number of ether oxygens (including phenoxy) is 2. The van der Waals surface area contributed by atoms with E-state index in [1.165, 1.54) is 25.6 Å². The molecular formula is C19H16ClN3O3S2. The summed E-state index contributed by atoms with van der Waals surface area (Å²) in [5.74, 6) is 1.19. The number of aliphatic hydroxyl groups is 1. The van der Waals surface area contributed by atoms with Crippen LogP contribution in [0, 0.1) is 5.41 Å². The van der Waals surface area contributed by atoms with Crippen LogP contribution in [0.2, 0.25) is 5.02 Å². The molecule has 9 heteroatoms. The number of nitrogens with zero attached hydrogens (tertiary/aromatic N) is 2. The summed E-state index contributed by atoms with van der Waals surface area (Å²) in [7, 11) is 3.05. The molecule has 0 unspecified atom stereocenters. The van der Waals surface area contributed by atoms with Gasteiger partial charge in [0.05, 0.1) is 47.6 Å². The van der Waals surface area contributed by atoms with E-state index < -0.39 is 0 Å². The fourth-order valence-electron chi connectivity index (χ4n) is 2.99. The lowest BCUT2D eigenvalue weighted by atomic mass is 10.2. The summed E-state index contributed by atoms with van der Waals surface area (Å²) < 4.78 is 10.7. The second kappa shape index (κ2) is 7.46. The molecule has 6 nitrogen and oxygen atoms in total. The van der Waals surface area contributed by atoms with Gasteiger partial charge in [-0.1, -0.05) is 17.7 Å². The van der Waals surface area contributed by atoms with E-state index in [2.05, 4.69) is 4.98 Å². The summed E-state index contributed by atoms with van der Waals surface area (Å²) in [5, 5.41) is 24.2. The molecule has 28 heavy (non-hydrogen) atoms. The fourth-order valence-corrected chi connectivity index (χ4v) is 4.87. The molecule has 2 aromatic heterocycles. The van der Waals surface area contributed by atoms with Gasteiger partial charge in [-0.25, -0.2) is 4.98 Å². The number of hydrogen-bond acceptors (Lipinski definition) is 7. The van der Waals surface area contributed by atoms with E-state index in [-0.39, 0.29) is 18.1 Å². The van der Waals surface area contributed by atoms with Crippen LogP contribution in [0.25, 0.3) is 16.1 Å². The van der Waals surface area contributed by atoms with Crippen molar-refractivity contribution in [2.45, 2.75) is 0 Å². The number of methoxy groups -OCH3 is 2. The molecule has 144 valence electrons. The van der Waals surface area contributed by atoms with Crippen molar-refractivity contribution in [2.75, 3.05) is 25.7 Å². The quantitative estimate of drug-likeness (QED) is 0.570. The van der Waals surface area contributed by atoms with Crippen molar-refractivity contribution in [1.29, 1.82) is 5.41 Å². The van der Waals surface area contributed by atoms with Gasteiger partial charge in [-0.2, -0.15) is 0 Å². The Labute approximate surface area is 174 Å². The van der Waals surface area contributed by atoms with Crippen molar-refractivity contribution < 1.29 is 14.6 Å². The van der Waals surface area contributed by atoms with Gasteiger partial charge < -0.3 is 19.5 Å². The molecule has 0 saturated heterocycles. The van der Waals surface area contributed by atoms with E-state index in [4.69, 9.17) is 26.5 Å². The van der Waals surface area contributed by atoms with Gasteiger partial charge in [0, 0.05) is 17.5 Å². The first-order valence-electron chi connectivity index (χ1n) is 8.23. The molecule has 1 aliphatic rings. The van der Waals surface area contributed by atoms with Gasteiger partial charge in [0.15, 0.2) is 0 Å². The molecule has 0 fully saturated rings. The van der Waals surface area contributed by atoms with Crippen LogP contribution in [-0.4, -0.2) is 36.7 Å². The summed E-state index contributed by atoms with van der Waals surface area (Å²) in [6, 6.07) is 7.30. The SMILES string of the molecule is COc1cc(N2CC(O)=C(c3nc(-c4cccs4)cs3)C2=N)c(OC)cc1Cl.